The minimum absolute atomic E-state index is 0.0454. The first-order valence-corrected chi connectivity index (χ1v) is 8.12. The van der Waals surface area contributed by atoms with Gasteiger partial charge in [0.2, 0.25) is 0 Å². The normalized spacial score (nSPS) is 14.3. The topological polar surface area (TPSA) is 68.0 Å². The molecule has 5 heteroatoms. The van der Waals surface area contributed by atoms with Crippen molar-refractivity contribution in [2.75, 3.05) is 6.54 Å². The van der Waals surface area contributed by atoms with Gasteiger partial charge in [0.25, 0.3) is 5.91 Å². The van der Waals surface area contributed by atoms with Crippen LogP contribution in [-0.4, -0.2) is 23.0 Å². The van der Waals surface area contributed by atoms with E-state index >= 15 is 0 Å². The lowest BCUT2D eigenvalue weighted by Crippen LogP contribution is -2.52. The van der Waals surface area contributed by atoms with E-state index in [0.29, 0.717) is 12.5 Å². The number of aryl methyl sites for hydroxylation is 2. The van der Waals surface area contributed by atoms with Gasteiger partial charge >= 0.3 is 0 Å². The summed E-state index contributed by atoms with van der Waals surface area (Å²) in [6.07, 6.45) is 2.84. The molecular formula is C15H27N3OS. The predicted octanol–water partition coefficient (Wildman–Crippen LogP) is 2.90. The second-order valence-electron chi connectivity index (χ2n) is 6.09. The molecule has 0 aromatic carbocycles. The maximum atomic E-state index is 12.4. The van der Waals surface area contributed by atoms with Gasteiger partial charge in [0.05, 0.1) is 16.2 Å². The molecule has 0 bridgehead atoms. The summed E-state index contributed by atoms with van der Waals surface area (Å²) in [6.45, 7) is 10.7. The summed E-state index contributed by atoms with van der Waals surface area (Å²) in [5.74, 6) is 0.443. The first-order chi connectivity index (χ1) is 9.31. The Morgan fingerprint density at radius 2 is 2.15 bits per heavy atom. The molecule has 0 fully saturated rings. The molecule has 1 heterocycles. The summed E-state index contributed by atoms with van der Waals surface area (Å²) >= 11 is 1.50. The van der Waals surface area contributed by atoms with Crippen LogP contribution in [0.2, 0.25) is 0 Å². The molecule has 1 unspecified atom stereocenters. The maximum Gasteiger partial charge on any atom is 0.263 e. The number of amides is 1. The molecule has 0 spiro atoms. The van der Waals surface area contributed by atoms with Crippen molar-refractivity contribution in [2.24, 2.45) is 11.7 Å². The summed E-state index contributed by atoms with van der Waals surface area (Å²) < 4.78 is 0. The highest BCUT2D eigenvalue weighted by Crippen LogP contribution is 2.22. The largest absolute Gasteiger partial charge is 0.345 e. The van der Waals surface area contributed by atoms with Gasteiger partial charge in [-0.2, -0.15) is 0 Å². The van der Waals surface area contributed by atoms with Crippen LogP contribution in [0.25, 0.3) is 0 Å². The average molecular weight is 297 g/mol. The van der Waals surface area contributed by atoms with E-state index in [9.17, 15) is 4.79 Å². The van der Waals surface area contributed by atoms with Crippen molar-refractivity contribution in [3.8, 4) is 0 Å². The fourth-order valence-corrected chi connectivity index (χ4v) is 3.46. The number of carbonyl (C=O) groups is 1. The molecule has 0 radical (unpaired) electrons. The minimum atomic E-state index is -0.355. The van der Waals surface area contributed by atoms with Crippen LogP contribution >= 0.6 is 11.3 Å². The molecule has 1 aromatic rings. The van der Waals surface area contributed by atoms with E-state index in [2.05, 4.69) is 31.1 Å². The highest BCUT2D eigenvalue weighted by molar-refractivity contribution is 7.13. The Kier molecular flexibility index (Phi) is 6.14. The summed E-state index contributed by atoms with van der Waals surface area (Å²) in [4.78, 5) is 17.6. The predicted molar refractivity (Wildman–Crippen MR) is 85.2 cm³/mol. The lowest BCUT2D eigenvalue weighted by atomic mass is 9.90. The van der Waals surface area contributed by atoms with E-state index in [1.807, 2.05) is 13.8 Å². The summed E-state index contributed by atoms with van der Waals surface area (Å²) in [5, 5.41) is 4.13. The first kappa shape index (κ1) is 17.1. The molecule has 1 rings (SSSR count). The third kappa shape index (κ3) is 4.56. The molecule has 0 aliphatic carbocycles. The van der Waals surface area contributed by atoms with Gasteiger partial charge in [-0.1, -0.05) is 20.8 Å². The maximum absolute atomic E-state index is 12.4. The molecule has 3 N–H and O–H groups in total. The number of rotatable bonds is 7. The number of carbonyl (C=O) groups excluding carboxylic acids is 1. The number of hydrogen-bond acceptors (Lipinski definition) is 4. The van der Waals surface area contributed by atoms with E-state index < -0.39 is 0 Å². The lowest BCUT2D eigenvalue weighted by molar-refractivity contribution is 0.0901. The Morgan fingerprint density at radius 3 is 2.65 bits per heavy atom. The Hall–Kier alpha value is -0.940. The molecule has 0 aliphatic rings. The zero-order valence-corrected chi connectivity index (χ0v) is 14.1. The van der Waals surface area contributed by atoms with Crippen molar-refractivity contribution in [3.63, 3.8) is 0 Å². The van der Waals surface area contributed by atoms with Gasteiger partial charge in [-0.25, -0.2) is 4.98 Å². The number of nitrogens with zero attached hydrogens (tertiary/aromatic N) is 1. The summed E-state index contributed by atoms with van der Waals surface area (Å²) in [6, 6.07) is 0. The fourth-order valence-electron chi connectivity index (χ4n) is 2.40. The average Bonchev–Trinajstić information content (AvgIpc) is 2.70. The zero-order valence-electron chi connectivity index (χ0n) is 13.2. The monoisotopic (exact) mass is 297 g/mol. The highest BCUT2D eigenvalue weighted by atomic mass is 32.1. The van der Waals surface area contributed by atoms with Crippen LogP contribution < -0.4 is 11.1 Å². The molecular weight excluding hydrogens is 270 g/mol. The minimum Gasteiger partial charge on any atom is -0.345 e. The van der Waals surface area contributed by atoms with Crippen molar-refractivity contribution < 1.29 is 4.79 Å². The second-order valence-corrected chi connectivity index (χ2v) is 7.17. The molecule has 1 amide bonds. The van der Waals surface area contributed by atoms with Crippen molar-refractivity contribution in [2.45, 2.75) is 59.4 Å². The van der Waals surface area contributed by atoms with Crippen LogP contribution in [-0.2, 0) is 6.42 Å². The molecule has 114 valence electrons. The van der Waals surface area contributed by atoms with Gasteiger partial charge in [-0.05, 0) is 39.0 Å². The Balaban J connectivity index is 2.84. The summed E-state index contributed by atoms with van der Waals surface area (Å²) in [7, 11) is 0. The van der Waals surface area contributed by atoms with Crippen molar-refractivity contribution in [1.29, 1.82) is 0 Å². The van der Waals surface area contributed by atoms with E-state index in [4.69, 9.17) is 5.73 Å². The van der Waals surface area contributed by atoms with E-state index in [1.54, 1.807) is 0 Å². The van der Waals surface area contributed by atoms with E-state index in [0.717, 1.165) is 34.8 Å². The van der Waals surface area contributed by atoms with Gasteiger partial charge in [0.15, 0.2) is 0 Å². The van der Waals surface area contributed by atoms with Crippen LogP contribution in [0.4, 0.5) is 0 Å². The van der Waals surface area contributed by atoms with Gasteiger partial charge in [-0.15, -0.1) is 11.3 Å². The smallest absolute Gasteiger partial charge is 0.263 e. The van der Waals surface area contributed by atoms with Gasteiger partial charge in [-0.3, -0.25) is 4.79 Å². The molecule has 1 atom stereocenters. The van der Waals surface area contributed by atoms with E-state index in [1.165, 1.54) is 11.3 Å². The second kappa shape index (κ2) is 7.18. The highest BCUT2D eigenvalue weighted by Gasteiger charge is 2.28. The quantitative estimate of drug-likeness (QED) is 0.813. The van der Waals surface area contributed by atoms with Crippen molar-refractivity contribution in [1.82, 2.24) is 10.3 Å². The molecule has 0 saturated heterocycles. The Morgan fingerprint density at radius 1 is 1.50 bits per heavy atom. The lowest BCUT2D eigenvalue weighted by Gasteiger charge is -2.31. The van der Waals surface area contributed by atoms with Gasteiger partial charge in [0.1, 0.15) is 4.88 Å². The number of nitrogens with two attached hydrogens (primary N) is 1. The molecule has 0 saturated carbocycles. The van der Waals surface area contributed by atoms with E-state index in [-0.39, 0.29) is 11.4 Å². The van der Waals surface area contributed by atoms with Crippen molar-refractivity contribution in [3.05, 3.63) is 15.6 Å². The number of nitrogens with one attached hydrogen (secondary N) is 1. The standard InChI is InChI=1S/C15H27N3OS/c1-6-7-12-17-11(4)13(20-12)14(19)18-15(5,9-16)8-10(2)3/h10H,6-9,16H2,1-5H3,(H,18,19). The van der Waals surface area contributed by atoms with Gasteiger partial charge in [0, 0.05) is 6.54 Å². The first-order valence-electron chi connectivity index (χ1n) is 7.30. The third-order valence-corrected chi connectivity index (χ3v) is 4.45. The number of thiazole rings is 1. The number of aromatic nitrogens is 1. The molecule has 20 heavy (non-hydrogen) atoms. The molecule has 1 aromatic heterocycles. The third-order valence-electron chi connectivity index (χ3n) is 3.24. The summed E-state index contributed by atoms with van der Waals surface area (Å²) in [5.41, 5.74) is 6.31. The Bertz CT molecular complexity index is 456. The molecule has 0 aliphatic heterocycles. The molecule has 4 nitrogen and oxygen atoms in total. The van der Waals surface area contributed by atoms with Crippen LogP contribution in [0.15, 0.2) is 0 Å². The zero-order chi connectivity index (χ0) is 15.3. The van der Waals surface area contributed by atoms with Crippen LogP contribution in [0.5, 0.6) is 0 Å². The van der Waals surface area contributed by atoms with Crippen LogP contribution in [0, 0.1) is 12.8 Å². The number of hydrogen-bond donors (Lipinski definition) is 2. The Labute approximate surface area is 126 Å². The van der Waals surface area contributed by atoms with Crippen molar-refractivity contribution >= 4 is 17.2 Å². The van der Waals surface area contributed by atoms with Crippen LogP contribution in [0.1, 0.15) is 60.9 Å². The SMILES string of the molecule is CCCc1nc(C)c(C(=O)NC(C)(CN)CC(C)C)s1. The van der Waals surface area contributed by atoms with Crippen LogP contribution in [0.3, 0.4) is 0 Å². The van der Waals surface area contributed by atoms with Gasteiger partial charge < -0.3 is 11.1 Å². The fraction of sp³-hybridized carbons (Fsp3) is 0.733.